The van der Waals surface area contributed by atoms with Crippen LogP contribution in [0, 0.1) is 0 Å². The number of H-pyrrole nitrogens is 1. The van der Waals surface area contributed by atoms with Crippen molar-refractivity contribution in [3.8, 4) is 11.3 Å². The van der Waals surface area contributed by atoms with Crippen molar-refractivity contribution in [2.45, 2.75) is 6.04 Å². The monoisotopic (exact) mass is 354 g/mol. The van der Waals surface area contributed by atoms with Crippen molar-refractivity contribution in [2.24, 2.45) is 0 Å². The second-order valence-corrected chi connectivity index (χ2v) is 6.47. The molecule has 0 aromatic carbocycles. The third-order valence-corrected chi connectivity index (χ3v) is 4.06. The van der Waals surface area contributed by atoms with E-state index in [1.807, 2.05) is 25.1 Å². The average molecular weight is 354 g/mol. The van der Waals surface area contributed by atoms with Gasteiger partial charge in [-0.15, -0.1) is 0 Å². The van der Waals surface area contributed by atoms with Gasteiger partial charge < -0.3 is 20.1 Å². The number of hydrogen-bond acceptors (Lipinski definition) is 6. The summed E-state index contributed by atoms with van der Waals surface area (Å²) in [5, 5.41) is 3.20. The third kappa shape index (κ3) is 4.34. The lowest BCUT2D eigenvalue weighted by Crippen LogP contribution is -2.57. The minimum atomic E-state index is -0.196. The van der Waals surface area contributed by atoms with Crippen LogP contribution in [-0.4, -0.2) is 70.4 Å². The minimum absolute atomic E-state index is 0.00598. The zero-order valence-electron chi connectivity index (χ0n) is 14.8. The molecule has 8 heteroatoms. The quantitative estimate of drug-likeness (QED) is 0.737. The van der Waals surface area contributed by atoms with Crippen molar-refractivity contribution in [3.05, 3.63) is 53.4 Å². The van der Waals surface area contributed by atoms with E-state index < -0.39 is 0 Å². The molecule has 2 N–H and O–H groups in total. The van der Waals surface area contributed by atoms with Crippen LogP contribution in [0.15, 0.2) is 47.8 Å². The van der Waals surface area contributed by atoms with Crippen LogP contribution in [0.4, 0.5) is 5.69 Å². The molecule has 2 aromatic rings. The number of pyridine rings is 1. The van der Waals surface area contributed by atoms with Crippen LogP contribution in [0.5, 0.6) is 0 Å². The molecule has 0 aliphatic carbocycles. The predicted octanol–water partition coefficient (Wildman–Crippen LogP) is 0.572. The number of nitrogens with zero attached hydrogens (tertiary/aromatic N) is 4. The zero-order chi connectivity index (χ0) is 18.5. The first-order valence-corrected chi connectivity index (χ1v) is 8.39. The van der Waals surface area contributed by atoms with E-state index >= 15 is 0 Å². The van der Waals surface area contributed by atoms with Gasteiger partial charge in [-0.05, 0) is 26.2 Å². The topological polar surface area (TPSA) is 94.2 Å². The van der Waals surface area contributed by atoms with Gasteiger partial charge in [0.2, 0.25) is 5.91 Å². The van der Waals surface area contributed by atoms with Crippen molar-refractivity contribution < 1.29 is 4.79 Å². The Hall–Kier alpha value is -3.00. The van der Waals surface area contributed by atoms with Crippen LogP contribution >= 0.6 is 0 Å². The van der Waals surface area contributed by atoms with Gasteiger partial charge >= 0.3 is 0 Å². The van der Waals surface area contributed by atoms with Crippen molar-refractivity contribution in [1.82, 2.24) is 24.8 Å². The molecule has 1 aliphatic rings. The Bertz CT molecular complexity index is 840. The molecule has 0 atom stereocenters. The molecule has 1 fully saturated rings. The summed E-state index contributed by atoms with van der Waals surface area (Å²) in [5.41, 5.74) is 1.81. The number of anilines is 1. The van der Waals surface area contributed by atoms with Gasteiger partial charge in [-0.2, -0.15) is 0 Å². The van der Waals surface area contributed by atoms with Crippen molar-refractivity contribution in [2.75, 3.05) is 39.0 Å². The van der Waals surface area contributed by atoms with Crippen LogP contribution < -0.4 is 10.9 Å². The summed E-state index contributed by atoms with van der Waals surface area (Å²) in [4.78, 5) is 38.6. The van der Waals surface area contributed by atoms with Crippen LogP contribution in [-0.2, 0) is 4.79 Å². The predicted molar refractivity (Wildman–Crippen MR) is 99.8 cm³/mol. The summed E-state index contributed by atoms with van der Waals surface area (Å²) in [7, 11) is 3.90. The van der Waals surface area contributed by atoms with E-state index in [2.05, 4.69) is 20.3 Å². The SMILES string of the molecule is CN(C)C/C=C/C(=O)N1CC(Nc2cc(-c3ccncn3)c[nH]c2=O)C1. The highest BCUT2D eigenvalue weighted by molar-refractivity contribution is 5.88. The van der Waals surface area contributed by atoms with Gasteiger partial charge in [0.05, 0.1) is 11.7 Å². The Morgan fingerprint density at radius 2 is 2.27 bits per heavy atom. The maximum absolute atomic E-state index is 12.1. The van der Waals surface area contributed by atoms with E-state index in [1.54, 1.807) is 35.5 Å². The average Bonchev–Trinajstić information content (AvgIpc) is 2.59. The van der Waals surface area contributed by atoms with E-state index in [0.717, 1.165) is 17.8 Å². The first-order valence-electron chi connectivity index (χ1n) is 8.39. The van der Waals surface area contributed by atoms with Gasteiger partial charge in [0.1, 0.15) is 12.0 Å². The van der Waals surface area contributed by atoms with Crippen molar-refractivity contribution in [1.29, 1.82) is 0 Å². The number of amides is 1. The molecule has 0 bridgehead atoms. The van der Waals surface area contributed by atoms with Gasteiger partial charge in [0.15, 0.2) is 0 Å². The van der Waals surface area contributed by atoms with Crippen LogP contribution in [0.3, 0.4) is 0 Å². The molecule has 26 heavy (non-hydrogen) atoms. The van der Waals surface area contributed by atoms with Crippen LogP contribution in [0.1, 0.15) is 0 Å². The summed E-state index contributed by atoms with van der Waals surface area (Å²) in [6.07, 6.45) is 8.19. The lowest BCUT2D eigenvalue weighted by molar-refractivity contribution is -0.129. The Labute approximate surface area is 151 Å². The molecule has 1 aliphatic heterocycles. The maximum Gasteiger partial charge on any atom is 0.271 e. The van der Waals surface area contributed by atoms with Gasteiger partial charge in [0, 0.05) is 43.7 Å². The highest BCUT2D eigenvalue weighted by Gasteiger charge is 2.29. The van der Waals surface area contributed by atoms with Gasteiger partial charge in [0.25, 0.3) is 5.56 Å². The summed E-state index contributed by atoms with van der Waals surface area (Å²) in [5.74, 6) is -0.00598. The summed E-state index contributed by atoms with van der Waals surface area (Å²) >= 11 is 0. The number of hydrogen-bond donors (Lipinski definition) is 2. The first kappa shape index (κ1) is 17.8. The number of carbonyl (C=O) groups is 1. The van der Waals surface area contributed by atoms with Gasteiger partial charge in [-0.1, -0.05) is 6.08 Å². The number of rotatable bonds is 6. The van der Waals surface area contributed by atoms with Crippen LogP contribution in [0.25, 0.3) is 11.3 Å². The molecule has 0 saturated carbocycles. The molecule has 1 amide bonds. The number of likely N-dealkylation sites (tertiary alicyclic amines) is 1. The Morgan fingerprint density at radius 3 is 2.96 bits per heavy atom. The lowest BCUT2D eigenvalue weighted by Gasteiger charge is -2.39. The summed E-state index contributed by atoms with van der Waals surface area (Å²) in [6, 6.07) is 3.60. The minimum Gasteiger partial charge on any atom is -0.374 e. The molecule has 3 rings (SSSR count). The van der Waals surface area contributed by atoms with E-state index in [-0.39, 0.29) is 17.5 Å². The van der Waals surface area contributed by atoms with E-state index in [4.69, 9.17) is 0 Å². The fourth-order valence-electron chi connectivity index (χ4n) is 2.64. The lowest BCUT2D eigenvalue weighted by atomic mass is 10.1. The molecule has 0 unspecified atom stereocenters. The molecule has 8 nitrogen and oxygen atoms in total. The Morgan fingerprint density at radius 1 is 1.46 bits per heavy atom. The highest BCUT2D eigenvalue weighted by Crippen LogP contribution is 2.19. The number of aromatic amines is 1. The Kier molecular flexibility index (Phi) is 5.43. The normalized spacial score (nSPS) is 14.7. The molecule has 1 saturated heterocycles. The van der Waals surface area contributed by atoms with Gasteiger partial charge in [-0.25, -0.2) is 9.97 Å². The second kappa shape index (κ2) is 7.92. The number of carbonyl (C=O) groups excluding carboxylic acids is 1. The molecule has 3 heterocycles. The Balaban J connectivity index is 1.59. The molecular weight excluding hydrogens is 332 g/mol. The summed E-state index contributed by atoms with van der Waals surface area (Å²) < 4.78 is 0. The molecule has 136 valence electrons. The third-order valence-electron chi connectivity index (χ3n) is 4.06. The number of likely N-dealkylation sites (N-methyl/N-ethyl adjacent to an activating group) is 1. The van der Waals surface area contributed by atoms with Crippen molar-refractivity contribution in [3.63, 3.8) is 0 Å². The fourth-order valence-corrected chi connectivity index (χ4v) is 2.64. The molecule has 0 spiro atoms. The van der Waals surface area contributed by atoms with E-state index in [1.165, 1.54) is 6.33 Å². The standard InChI is InChI=1S/C18H22N6O2/c1-23(2)7-3-4-17(25)24-10-14(11-24)22-16-8-13(9-20-18(16)26)15-5-6-19-12-21-15/h3-6,8-9,12,14,22H,7,10-11H2,1-2H3,(H,20,26)/b4-3+. The molecular formula is C18H22N6O2. The fraction of sp³-hybridized carbons (Fsp3) is 0.333. The van der Waals surface area contributed by atoms with E-state index in [0.29, 0.717) is 18.8 Å². The van der Waals surface area contributed by atoms with Crippen molar-refractivity contribution >= 4 is 11.6 Å². The van der Waals surface area contributed by atoms with Gasteiger partial charge in [-0.3, -0.25) is 9.59 Å². The smallest absolute Gasteiger partial charge is 0.271 e. The second-order valence-electron chi connectivity index (χ2n) is 6.47. The summed E-state index contributed by atoms with van der Waals surface area (Å²) in [6.45, 7) is 1.87. The van der Waals surface area contributed by atoms with E-state index in [9.17, 15) is 9.59 Å². The molecule has 0 radical (unpaired) electrons. The molecule has 2 aromatic heterocycles. The first-order chi connectivity index (χ1) is 12.5. The number of nitrogens with one attached hydrogen (secondary N) is 2. The number of aromatic nitrogens is 3. The maximum atomic E-state index is 12.1. The highest BCUT2D eigenvalue weighted by atomic mass is 16.2. The largest absolute Gasteiger partial charge is 0.374 e. The zero-order valence-corrected chi connectivity index (χ0v) is 14.8. The van der Waals surface area contributed by atoms with Crippen LogP contribution in [0.2, 0.25) is 0 Å².